The van der Waals surface area contributed by atoms with Crippen molar-refractivity contribution in [2.75, 3.05) is 25.6 Å². The summed E-state index contributed by atoms with van der Waals surface area (Å²) in [4.78, 5) is 41.6. The number of hydrogen-bond donors (Lipinski definition) is 5. The minimum Gasteiger partial charge on any atom is -0.462 e. The normalized spacial score (nSPS) is 35.9. The first kappa shape index (κ1) is 39.0. The maximum Gasteiger partial charge on any atom is 0.351 e. The highest BCUT2D eigenvalue weighted by Gasteiger charge is 2.63. The molecule has 0 aromatic carbocycles. The molecule has 0 bridgehead atoms. The standard InChI is InChI=1S/C39H59N3O10/c1-22(20-43)5-7-24-18-29-30(51-24)19-28-26-8-6-23-17-25(11-14-38(23,2)27(26)12-15-39(28,29)3)52-34(46)10-9-33(45)40-32-13-16-42(37(49)41-32)36(48)35(47)31(21-44)50-4/h6,13,16,22,24-31,35-36,43-44,47-48H,5,7-12,14-15,17-21H2,1-4H3,(H,40,41,45,49). The summed E-state index contributed by atoms with van der Waals surface area (Å²) in [5, 5.41) is 41.7. The van der Waals surface area contributed by atoms with Gasteiger partial charge in [-0.3, -0.25) is 14.2 Å². The maximum atomic E-state index is 12.9. The number of carbonyl (C=O) groups is 2. The topological polar surface area (TPSA) is 190 Å². The number of ether oxygens (including phenoxy) is 3. The van der Waals surface area contributed by atoms with Crippen molar-refractivity contribution in [3.63, 3.8) is 0 Å². The molecule has 6 rings (SSSR count). The number of esters is 1. The lowest BCUT2D eigenvalue weighted by Gasteiger charge is -2.58. The van der Waals surface area contributed by atoms with Crippen LogP contribution in [0.4, 0.5) is 5.82 Å². The molecule has 3 saturated carbocycles. The molecule has 13 heteroatoms. The van der Waals surface area contributed by atoms with Crippen LogP contribution in [0.5, 0.6) is 0 Å². The predicted molar refractivity (Wildman–Crippen MR) is 191 cm³/mol. The lowest BCUT2D eigenvalue weighted by molar-refractivity contribution is -0.152. The van der Waals surface area contributed by atoms with E-state index < -0.39 is 42.6 Å². The maximum absolute atomic E-state index is 12.9. The van der Waals surface area contributed by atoms with E-state index in [0.29, 0.717) is 47.2 Å². The van der Waals surface area contributed by atoms with Crippen molar-refractivity contribution in [1.82, 2.24) is 9.55 Å². The second-order valence-electron chi connectivity index (χ2n) is 16.8. The number of rotatable bonds is 14. The van der Waals surface area contributed by atoms with Crippen LogP contribution in [0.1, 0.15) is 104 Å². The minimum absolute atomic E-state index is 0.0645. The zero-order valence-electron chi connectivity index (χ0n) is 31.1. The summed E-state index contributed by atoms with van der Waals surface area (Å²) >= 11 is 0. The molecule has 13 unspecified atom stereocenters. The van der Waals surface area contributed by atoms with Gasteiger partial charge in [-0.2, -0.15) is 4.98 Å². The van der Waals surface area contributed by atoms with Crippen molar-refractivity contribution in [3.05, 3.63) is 34.4 Å². The summed E-state index contributed by atoms with van der Waals surface area (Å²) in [6, 6.07) is 1.28. The smallest absolute Gasteiger partial charge is 0.351 e. The number of carbonyl (C=O) groups excluding carboxylic acids is 2. The average Bonchev–Trinajstić information content (AvgIpc) is 3.66. The van der Waals surface area contributed by atoms with Gasteiger partial charge in [0, 0.05) is 32.8 Å². The Labute approximate surface area is 306 Å². The number of anilines is 1. The first-order valence-electron chi connectivity index (χ1n) is 19.3. The molecule has 0 spiro atoms. The Balaban J connectivity index is 0.978. The molecule has 290 valence electrons. The monoisotopic (exact) mass is 729 g/mol. The van der Waals surface area contributed by atoms with Crippen molar-refractivity contribution in [2.45, 2.75) is 135 Å². The third kappa shape index (κ3) is 7.63. The highest BCUT2D eigenvalue weighted by molar-refractivity contribution is 5.91. The average molecular weight is 730 g/mol. The summed E-state index contributed by atoms with van der Waals surface area (Å²) in [6.07, 6.45) is 9.80. The summed E-state index contributed by atoms with van der Waals surface area (Å²) in [5.74, 6) is 1.88. The van der Waals surface area contributed by atoms with Crippen LogP contribution < -0.4 is 11.0 Å². The minimum atomic E-state index is -1.73. The number of nitrogens with one attached hydrogen (secondary N) is 1. The van der Waals surface area contributed by atoms with Gasteiger partial charge in [-0.25, -0.2) is 4.79 Å². The lowest BCUT2D eigenvalue weighted by atomic mass is 9.47. The van der Waals surface area contributed by atoms with Gasteiger partial charge >= 0.3 is 11.7 Å². The molecule has 4 aliphatic carbocycles. The summed E-state index contributed by atoms with van der Waals surface area (Å²) in [7, 11) is 1.25. The van der Waals surface area contributed by atoms with Crippen LogP contribution in [0.2, 0.25) is 0 Å². The van der Waals surface area contributed by atoms with Crippen LogP contribution in [0.15, 0.2) is 28.7 Å². The number of hydrogen-bond acceptors (Lipinski definition) is 11. The molecular weight excluding hydrogens is 670 g/mol. The van der Waals surface area contributed by atoms with Crippen LogP contribution in [0, 0.1) is 40.4 Å². The zero-order valence-corrected chi connectivity index (χ0v) is 31.1. The van der Waals surface area contributed by atoms with E-state index in [1.807, 2.05) is 0 Å². The second kappa shape index (κ2) is 16.0. The lowest BCUT2D eigenvalue weighted by Crippen LogP contribution is -2.50. The third-order valence-electron chi connectivity index (χ3n) is 13.9. The van der Waals surface area contributed by atoms with E-state index in [4.69, 9.17) is 14.2 Å². The van der Waals surface area contributed by atoms with Crippen LogP contribution in [0.25, 0.3) is 0 Å². The molecule has 4 fully saturated rings. The molecule has 13 atom stereocenters. The Hall–Kier alpha value is -2.68. The van der Waals surface area contributed by atoms with Crippen molar-refractivity contribution in [2.24, 2.45) is 40.4 Å². The molecule has 1 amide bonds. The van der Waals surface area contributed by atoms with E-state index in [1.165, 1.54) is 31.6 Å². The van der Waals surface area contributed by atoms with Gasteiger partial charge in [-0.05, 0) is 104 Å². The molecule has 1 aromatic heterocycles. The molecule has 5 aliphatic rings. The molecule has 1 aliphatic heterocycles. The van der Waals surface area contributed by atoms with E-state index >= 15 is 0 Å². The van der Waals surface area contributed by atoms with Gasteiger partial charge in [0.1, 0.15) is 24.1 Å². The van der Waals surface area contributed by atoms with Gasteiger partial charge in [0.05, 0.1) is 25.2 Å². The van der Waals surface area contributed by atoms with Gasteiger partial charge in [-0.1, -0.05) is 32.4 Å². The summed E-state index contributed by atoms with van der Waals surface area (Å²) in [5.41, 5.74) is 0.911. The number of amides is 1. The van der Waals surface area contributed by atoms with E-state index in [2.05, 4.69) is 37.1 Å². The summed E-state index contributed by atoms with van der Waals surface area (Å²) in [6.45, 7) is 6.76. The van der Waals surface area contributed by atoms with Crippen molar-refractivity contribution in [3.8, 4) is 0 Å². The highest BCUT2D eigenvalue weighted by Crippen LogP contribution is 2.68. The Morgan fingerprint density at radius 1 is 1.10 bits per heavy atom. The first-order valence-corrected chi connectivity index (χ1v) is 19.3. The predicted octanol–water partition coefficient (Wildman–Crippen LogP) is 3.49. The molecule has 5 N–H and O–H groups in total. The van der Waals surface area contributed by atoms with Crippen LogP contribution in [0.3, 0.4) is 0 Å². The van der Waals surface area contributed by atoms with E-state index in [9.17, 15) is 34.8 Å². The fraction of sp³-hybridized carbons (Fsp3) is 0.795. The second-order valence-corrected chi connectivity index (χ2v) is 16.8. The number of methoxy groups -OCH3 is 1. The van der Waals surface area contributed by atoms with Crippen LogP contribution in [-0.2, 0) is 23.8 Å². The number of aliphatic hydroxyl groups excluding tert-OH is 4. The van der Waals surface area contributed by atoms with Gasteiger partial charge < -0.3 is 40.0 Å². The molecular formula is C39H59N3O10. The van der Waals surface area contributed by atoms with E-state index in [-0.39, 0.29) is 36.8 Å². The third-order valence-corrected chi connectivity index (χ3v) is 13.9. The number of allylic oxidation sites excluding steroid dienone is 1. The number of aromatic nitrogens is 2. The molecule has 0 radical (unpaired) electrons. The Morgan fingerprint density at radius 2 is 1.88 bits per heavy atom. The van der Waals surface area contributed by atoms with Gasteiger partial charge in [0.2, 0.25) is 5.91 Å². The molecule has 13 nitrogen and oxygen atoms in total. The van der Waals surface area contributed by atoms with Gasteiger partial charge in [-0.15, -0.1) is 0 Å². The van der Waals surface area contributed by atoms with Crippen LogP contribution >= 0.6 is 0 Å². The Morgan fingerprint density at radius 3 is 2.60 bits per heavy atom. The van der Waals surface area contributed by atoms with Crippen molar-refractivity contribution in [1.29, 1.82) is 0 Å². The molecule has 1 saturated heterocycles. The van der Waals surface area contributed by atoms with Gasteiger partial charge in [0.15, 0.2) is 6.23 Å². The summed E-state index contributed by atoms with van der Waals surface area (Å²) < 4.78 is 18.2. The molecule has 2 heterocycles. The van der Waals surface area contributed by atoms with Crippen LogP contribution in [-0.4, -0.2) is 92.7 Å². The van der Waals surface area contributed by atoms with Crippen molar-refractivity contribution >= 4 is 17.7 Å². The first-order chi connectivity index (χ1) is 24.8. The fourth-order valence-corrected chi connectivity index (χ4v) is 10.8. The highest BCUT2D eigenvalue weighted by atomic mass is 16.5. The fourth-order valence-electron chi connectivity index (χ4n) is 10.8. The van der Waals surface area contributed by atoms with E-state index in [0.717, 1.165) is 62.1 Å². The largest absolute Gasteiger partial charge is 0.462 e. The number of aliphatic hydroxyl groups is 4. The molecule has 1 aromatic rings. The Bertz CT molecular complexity index is 1530. The number of nitrogens with zero attached hydrogens (tertiary/aromatic N) is 2. The quantitative estimate of drug-likeness (QED) is 0.139. The van der Waals surface area contributed by atoms with Crippen molar-refractivity contribution < 1.29 is 44.2 Å². The number of fused-ring (bicyclic) bond motifs is 7. The molecule has 52 heavy (non-hydrogen) atoms. The van der Waals surface area contributed by atoms with E-state index in [1.54, 1.807) is 0 Å². The zero-order chi connectivity index (χ0) is 37.4. The Kier molecular flexibility index (Phi) is 12.0. The van der Waals surface area contributed by atoms with Gasteiger partial charge in [0.25, 0.3) is 0 Å². The SMILES string of the molecule is COC(CO)C(O)C(O)n1ccc(NC(=O)CCC(=O)OC2CCC3(C)C(=CCC4C3CCC3(C)C5CC(CCC(C)CO)OC5CC43)C2)nc1=O.